The summed E-state index contributed by atoms with van der Waals surface area (Å²) in [6, 6.07) is 1.72. The monoisotopic (exact) mass is 327 g/mol. The second kappa shape index (κ2) is 6.34. The Labute approximate surface area is 121 Å². The Hall–Kier alpha value is -1.14. The van der Waals surface area contributed by atoms with Gasteiger partial charge in [-0.1, -0.05) is 0 Å². The quantitative estimate of drug-likeness (QED) is 0.922. The normalized spacial score (nSPS) is 19.5. The highest BCUT2D eigenvalue weighted by atomic mass is 79.9. The fourth-order valence-corrected chi connectivity index (χ4v) is 2.62. The summed E-state index contributed by atoms with van der Waals surface area (Å²) in [6.45, 7) is 4.01. The van der Waals surface area contributed by atoms with Crippen molar-refractivity contribution in [3.63, 3.8) is 0 Å². The van der Waals surface area contributed by atoms with Crippen molar-refractivity contribution in [3.05, 3.63) is 22.3 Å². The molecule has 1 atom stereocenters. The first-order valence-electron chi connectivity index (χ1n) is 6.43. The predicted octanol–water partition coefficient (Wildman–Crippen LogP) is 2.07. The van der Waals surface area contributed by atoms with Gasteiger partial charge in [0.05, 0.1) is 11.7 Å². The van der Waals surface area contributed by atoms with Gasteiger partial charge in [-0.05, 0) is 41.8 Å². The molecular formula is C13H18BrN3O2. The van der Waals surface area contributed by atoms with Gasteiger partial charge in [0.2, 0.25) is 0 Å². The number of anilines is 1. The number of nitrogen functional groups attached to an aromatic ring is 1. The lowest BCUT2D eigenvalue weighted by molar-refractivity contribution is 0.00726. The molecule has 0 saturated carbocycles. The third-order valence-corrected chi connectivity index (χ3v) is 3.62. The Balaban J connectivity index is 2.12. The molecule has 19 heavy (non-hydrogen) atoms. The average Bonchev–Trinajstić information content (AvgIpc) is 2.41. The lowest BCUT2D eigenvalue weighted by Gasteiger charge is -2.32. The number of carbonyl (C=O) groups excluding carboxylic acids is 1. The van der Waals surface area contributed by atoms with E-state index in [9.17, 15) is 4.79 Å². The van der Waals surface area contributed by atoms with Crippen LogP contribution in [0.3, 0.4) is 0 Å². The number of piperidine rings is 1. The molecule has 1 fully saturated rings. The van der Waals surface area contributed by atoms with E-state index in [4.69, 9.17) is 10.5 Å². The minimum atomic E-state index is -0.0734. The van der Waals surface area contributed by atoms with Gasteiger partial charge in [-0.3, -0.25) is 4.79 Å². The summed E-state index contributed by atoms with van der Waals surface area (Å²) < 4.78 is 6.36. The fraction of sp³-hybridized carbons (Fsp3) is 0.538. The maximum absolute atomic E-state index is 12.5. The topological polar surface area (TPSA) is 68.5 Å². The van der Waals surface area contributed by atoms with E-state index in [2.05, 4.69) is 20.9 Å². The molecule has 6 heteroatoms. The molecule has 0 spiro atoms. The average molecular weight is 328 g/mol. The molecule has 1 unspecified atom stereocenters. The molecular weight excluding hydrogens is 310 g/mol. The molecule has 0 aliphatic carbocycles. The number of pyridine rings is 1. The van der Waals surface area contributed by atoms with Crippen LogP contribution in [0.2, 0.25) is 0 Å². The van der Waals surface area contributed by atoms with Crippen LogP contribution in [0.1, 0.15) is 30.1 Å². The summed E-state index contributed by atoms with van der Waals surface area (Å²) in [5.74, 6) is 0.197. The van der Waals surface area contributed by atoms with Crippen molar-refractivity contribution in [3.8, 4) is 0 Å². The number of nitrogens with zero attached hydrogens (tertiary/aromatic N) is 2. The number of halogens is 1. The smallest absolute Gasteiger partial charge is 0.257 e. The highest BCUT2D eigenvalue weighted by molar-refractivity contribution is 9.10. The molecule has 0 radical (unpaired) electrons. The van der Waals surface area contributed by atoms with E-state index in [-0.39, 0.29) is 17.8 Å². The van der Waals surface area contributed by atoms with Crippen LogP contribution in [0, 0.1) is 0 Å². The van der Waals surface area contributed by atoms with Crippen LogP contribution in [0.4, 0.5) is 5.82 Å². The summed E-state index contributed by atoms with van der Waals surface area (Å²) in [5, 5.41) is 0. The highest BCUT2D eigenvalue weighted by Crippen LogP contribution is 2.20. The Bertz CT molecular complexity index is 465. The van der Waals surface area contributed by atoms with Gasteiger partial charge in [-0.15, -0.1) is 0 Å². The molecule has 5 nitrogen and oxygen atoms in total. The van der Waals surface area contributed by atoms with Gasteiger partial charge in [0.15, 0.2) is 0 Å². The second-order valence-electron chi connectivity index (χ2n) is 4.56. The van der Waals surface area contributed by atoms with E-state index in [0.29, 0.717) is 18.7 Å². The molecule has 1 aliphatic rings. The maximum atomic E-state index is 12.5. The summed E-state index contributed by atoms with van der Waals surface area (Å²) in [6.07, 6.45) is 3.68. The van der Waals surface area contributed by atoms with Crippen LogP contribution in [0.5, 0.6) is 0 Å². The van der Waals surface area contributed by atoms with Crippen LogP contribution in [0.15, 0.2) is 16.7 Å². The van der Waals surface area contributed by atoms with Gasteiger partial charge in [0.1, 0.15) is 5.82 Å². The van der Waals surface area contributed by atoms with Crippen LogP contribution >= 0.6 is 15.9 Å². The third kappa shape index (κ3) is 3.45. The van der Waals surface area contributed by atoms with Gasteiger partial charge < -0.3 is 15.4 Å². The van der Waals surface area contributed by atoms with Gasteiger partial charge in [0, 0.05) is 30.4 Å². The Morgan fingerprint density at radius 1 is 1.68 bits per heavy atom. The van der Waals surface area contributed by atoms with Crippen molar-refractivity contribution in [2.45, 2.75) is 25.9 Å². The fourth-order valence-electron chi connectivity index (χ4n) is 2.29. The number of amides is 1. The molecule has 0 bridgehead atoms. The SMILES string of the molecule is CCOC1CCCN(C(=O)c2cc(Br)cnc2N)C1. The second-order valence-corrected chi connectivity index (χ2v) is 5.47. The summed E-state index contributed by atoms with van der Waals surface area (Å²) in [7, 11) is 0. The summed E-state index contributed by atoms with van der Waals surface area (Å²) in [5.41, 5.74) is 6.23. The van der Waals surface area contributed by atoms with E-state index in [0.717, 1.165) is 23.9 Å². The molecule has 1 aromatic heterocycles. The number of rotatable bonds is 3. The molecule has 0 aromatic carbocycles. The number of aromatic nitrogens is 1. The number of hydrogen-bond acceptors (Lipinski definition) is 4. The Kier molecular flexibility index (Phi) is 4.76. The Morgan fingerprint density at radius 2 is 2.47 bits per heavy atom. The third-order valence-electron chi connectivity index (χ3n) is 3.18. The van der Waals surface area contributed by atoms with Gasteiger partial charge in [-0.2, -0.15) is 0 Å². The van der Waals surface area contributed by atoms with Crippen molar-refractivity contribution in [2.24, 2.45) is 0 Å². The number of likely N-dealkylation sites (tertiary alicyclic amines) is 1. The summed E-state index contributed by atoms with van der Waals surface area (Å²) in [4.78, 5) is 18.2. The van der Waals surface area contributed by atoms with Gasteiger partial charge in [0.25, 0.3) is 5.91 Å². The predicted molar refractivity (Wildman–Crippen MR) is 76.9 cm³/mol. The van der Waals surface area contributed by atoms with E-state index >= 15 is 0 Å². The molecule has 1 saturated heterocycles. The van der Waals surface area contributed by atoms with Crippen molar-refractivity contribution < 1.29 is 9.53 Å². The first-order chi connectivity index (χ1) is 9.11. The standard InChI is InChI=1S/C13H18BrN3O2/c1-2-19-10-4-3-5-17(8-10)13(18)11-6-9(14)7-16-12(11)15/h6-7,10H,2-5,8H2,1H3,(H2,15,16). The van der Waals surface area contributed by atoms with Crippen molar-refractivity contribution in [1.82, 2.24) is 9.88 Å². The number of carbonyl (C=O) groups is 1. The van der Waals surface area contributed by atoms with E-state index in [1.807, 2.05) is 6.92 Å². The molecule has 104 valence electrons. The van der Waals surface area contributed by atoms with Gasteiger partial charge >= 0.3 is 0 Å². The van der Waals surface area contributed by atoms with Crippen LogP contribution < -0.4 is 5.73 Å². The van der Waals surface area contributed by atoms with E-state index in [1.54, 1.807) is 17.2 Å². The lowest BCUT2D eigenvalue weighted by Crippen LogP contribution is -2.43. The molecule has 2 heterocycles. The van der Waals surface area contributed by atoms with Crippen molar-refractivity contribution in [2.75, 3.05) is 25.4 Å². The maximum Gasteiger partial charge on any atom is 0.257 e. The minimum Gasteiger partial charge on any atom is -0.383 e. The molecule has 1 amide bonds. The van der Waals surface area contributed by atoms with Crippen molar-refractivity contribution >= 4 is 27.7 Å². The number of hydrogen-bond donors (Lipinski definition) is 1. The minimum absolute atomic E-state index is 0.0734. The van der Waals surface area contributed by atoms with E-state index in [1.165, 1.54) is 0 Å². The molecule has 1 aromatic rings. The molecule has 1 aliphatic heterocycles. The van der Waals surface area contributed by atoms with Gasteiger partial charge in [-0.25, -0.2) is 4.98 Å². The molecule has 2 N–H and O–H groups in total. The number of ether oxygens (including phenoxy) is 1. The Morgan fingerprint density at radius 3 is 3.21 bits per heavy atom. The zero-order valence-electron chi connectivity index (χ0n) is 10.9. The van der Waals surface area contributed by atoms with Crippen molar-refractivity contribution in [1.29, 1.82) is 0 Å². The first kappa shape index (κ1) is 14.3. The molecule has 2 rings (SSSR count). The van der Waals surface area contributed by atoms with Crippen LogP contribution in [-0.4, -0.2) is 41.6 Å². The summed E-state index contributed by atoms with van der Waals surface area (Å²) >= 11 is 3.31. The zero-order chi connectivity index (χ0) is 13.8. The van der Waals surface area contributed by atoms with E-state index < -0.39 is 0 Å². The number of nitrogens with two attached hydrogens (primary N) is 1. The highest BCUT2D eigenvalue weighted by Gasteiger charge is 2.26. The first-order valence-corrected chi connectivity index (χ1v) is 7.23. The lowest BCUT2D eigenvalue weighted by atomic mass is 10.1. The van der Waals surface area contributed by atoms with Crippen LogP contribution in [0.25, 0.3) is 0 Å². The van der Waals surface area contributed by atoms with Crippen LogP contribution in [-0.2, 0) is 4.74 Å². The largest absolute Gasteiger partial charge is 0.383 e. The zero-order valence-corrected chi connectivity index (χ0v) is 12.5.